The molecular weight excluding hydrogens is 200 g/mol. The van der Waals surface area contributed by atoms with E-state index in [2.05, 4.69) is 29.9 Å². The summed E-state index contributed by atoms with van der Waals surface area (Å²) < 4.78 is 1.81. The maximum atomic E-state index is 9.15. The molecule has 0 aromatic carbocycles. The van der Waals surface area contributed by atoms with E-state index in [1.165, 1.54) is 0 Å². The first kappa shape index (κ1) is 12.6. The van der Waals surface area contributed by atoms with Crippen LogP contribution in [0, 0.1) is 18.3 Å². The summed E-state index contributed by atoms with van der Waals surface area (Å²) in [6.07, 6.45) is 2.30. The van der Waals surface area contributed by atoms with Crippen LogP contribution in [0.3, 0.4) is 0 Å². The quantitative estimate of drug-likeness (QED) is 0.764. The fraction of sp³-hybridized carbons (Fsp3) is 0.667. The van der Waals surface area contributed by atoms with E-state index < -0.39 is 0 Å². The van der Waals surface area contributed by atoms with Crippen LogP contribution in [0.2, 0.25) is 0 Å². The van der Waals surface area contributed by atoms with Crippen molar-refractivity contribution in [3.05, 3.63) is 11.3 Å². The Labute approximate surface area is 97.5 Å². The van der Waals surface area contributed by atoms with Gasteiger partial charge in [-0.1, -0.05) is 13.3 Å². The highest BCUT2D eigenvalue weighted by molar-refractivity contribution is 5.56. The van der Waals surface area contributed by atoms with Gasteiger partial charge in [-0.25, -0.2) is 0 Å². The lowest BCUT2D eigenvalue weighted by Gasteiger charge is -2.22. The van der Waals surface area contributed by atoms with E-state index in [1.807, 2.05) is 18.7 Å². The molecule has 0 atom stereocenters. The Balaban J connectivity index is 3.04. The van der Waals surface area contributed by atoms with E-state index in [1.54, 1.807) is 0 Å². The summed E-state index contributed by atoms with van der Waals surface area (Å²) >= 11 is 0. The number of aryl methyl sites for hydroxylation is 2. The van der Waals surface area contributed by atoms with E-state index in [4.69, 9.17) is 5.26 Å². The molecule has 88 valence electrons. The summed E-state index contributed by atoms with van der Waals surface area (Å²) in [5, 5.41) is 13.5. The summed E-state index contributed by atoms with van der Waals surface area (Å²) in [7, 11) is 1.90. The number of aromatic nitrogens is 2. The standard InChI is InChI=1S/C12H20N4/c1-5-7-8-16(6-2)12-11(9-13)10(3)14-15(12)4/h5-8H2,1-4H3. The zero-order chi connectivity index (χ0) is 12.1. The van der Waals surface area contributed by atoms with Crippen LogP contribution in [0.1, 0.15) is 37.9 Å². The lowest BCUT2D eigenvalue weighted by Crippen LogP contribution is -2.26. The van der Waals surface area contributed by atoms with Gasteiger partial charge >= 0.3 is 0 Å². The Morgan fingerprint density at radius 3 is 2.62 bits per heavy atom. The van der Waals surface area contributed by atoms with Crippen molar-refractivity contribution in [1.82, 2.24) is 9.78 Å². The normalized spacial score (nSPS) is 10.2. The molecule has 1 aromatic heterocycles. The van der Waals surface area contributed by atoms with Gasteiger partial charge in [0.15, 0.2) is 0 Å². The molecule has 0 amide bonds. The van der Waals surface area contributed by atoms with Gasteiger partial charge in [0.2, 0.25) is 0 Å². The predicted molar refractivity (Wildman–Crippen MR) is 65.5 cm³/mol. The average molecular weight is 220 g/mol. The molecule has 1 rings (SSSR count). The molecule has 0 saturated carbocycles. The Kier molecular flexibility index (Phi) is 4.36. The number of anilines is 1. The topological polar surface area (TPSA) is 44.9 Å². The number of unbranched alkanes of at least 4 members (excludes halogenated alkanes) is 1. The third kappa shape index (κ3) is 2.35. The molecular formula is C12H20N4. The molecule has 1 aromatic rings. The maximum Gasteiger partial charge on any atom is 0.144 e. The van der Waals surface area contributed by atoms with Gasteiger partial charge in [0.05, 0.1) is 5.69 Å². The van der Waals surface area contributed by atoms with Crippen LogP contribution in [-0.2, 0) is 7.05 Å². The van der Waals surface area contributed by atoms with E-state index in [9.17, 15) is 0 Å². The fourth-order valence-corrected chi connectivity index (χ4v) is 1.90. The number of rotatable bonds is 5. The zero-order valence-corrected chi connectivity index (χ0v) is 10.6. The number of hydrogen-bond acceptors (Lipinski definition) is 3. The van der Waals surface area contributed by atoms with Gasteiger partial charge in [0, 0.05) is 20.1 Å². The smallest absolute Gasteiger partial charge is 0.144 e. The van der Waals surface area contributed by atoms with Crippen LogP contribution in [0.15, 0.2) is 0 Å². The molecule has 0 aliphatic rings. The summed E-state index contributed by atoms with van der Waals surface area (Å²) in [4.78, 5) is 2.22. The van der Waals surface area contributed by atoms with Crippen LogP contribution in [0.25, 0.3) is 0 Å². The van der Waals surface area contributed by atoms with Crippen LogP contribution in [0.5, 0.6) is 0 Å². The molecule has 0 spiro atoms. The van der Waals surface area contributed by atoms with Gasteiger partial charge in [-0.2, -0.15) is 10.4 Å². The predicted octanol–water partition coefficient (Wildman–Crippen LogP) is 2.23. The average Bonchev–Trinajstić information content (AvgIpc) is 2.55. The summed E-state index contributed by atoms with van der Waals surface area (Å²) in [5.41, 5.74) is 1.52. The Morgan fingerprint density at radius 2 is 2.12 bits per heavy atom. The van der Waals surface area contributed by atoms with Gasteiger partial charge in [0.25, 0.3) is 0 Å². The Morgan fingerprint density at radius 1 is 1.44 bits per heavy atom. The first-order valence-corrected chi connectivity index (χ1v) is 5.84. The van der Waals surface area contributed by atoms with Gasteiger partial charge in [-0.15, -0.1) is 0 Å². The minimum Gasteiger partial charge on any atom is -0.356 e. The molecule has 0 aliphatic carbocycles. The molecule has 0 fully saturated rings. The molecule has 0 saturated heterocycles. The number of nitrogens with zero attached hydrogens (tertiary/aromatic N) is 4. The third-order valence-electron chi connectivity index (χ3n) is 2.77. The monoisotopic (exact) mass is 220 g/mol. The van der Waals surface area contributed by atoms with Crippen LogP contribution in [-0.4, -0.2) is 22.9 Å². The maximum absolute atomic E-state index is 9.15. The highest BCUT2D eigenvalue weighted by Gasteiger charge is 2.17. The Hall–Kier alpha value is -1.50. The van der Waals surface area contributed by atoms with Gasteiger partial charge < -0.3 is 4.90 Å². The second-order valence-electron chi connectivity index (χ2n) is 3.95. The molecule has 1 heterocycles. The summed E-state index contributed by atoms with van der Waals surface area (Å²) in [6, 6.07) is 2.25. The van der Waals surface area contributed by atoms with Crippen molar-refractivity contribution in [3.8, 4) is 6.07 Å². The van der Waals surface area contributed by atoms with E-state index >= 15 is 0 Å². The first-order chi connectivity index (χ1) is 7.65. The van der Waals surface area contributed by atoms with E-state index in [-0.39, 0.29) is 0 Å². The molecule has 0 radical (unpaired) electrons. The van der Waals surface area contributed by atoms with Crippen LogP contribution >= 0.6 is 0 Å². The van der Waals surface area contributed by atoms with Crippen molar-refractivity contribution in [1.29, 1.82) is 5.26 Å². The van der Waals surface area contributed by atoms with Crippen molar-refractivity contribution in [2.45, 2.75) is 33.6 Å². The van der Waals surface area contributed by atoms with Crippen molar-refractivity contribution in [2.75, 3.05) is 18.0 Å². The van der Waals surface area contributed by atoms with Gasteiger partial charge in [-0.05, 0) is 20.3 Å². The molecule has 0 bridgehead atoms. The van der Waals surface area contributed by atoms with Crippen molar-refractivity contribution < 1.29 is 0 Å². The number of nitriles is 1. The summed E-state index contributed by atoms with van der Waals surface area (Å²) in [6.45, 7) is 8.07. The SMILES string of the molecule is CCCCN(CC)c1c(C#N)c(C)nn1C. The van der Waals surface area contributed by atoms with Crippen LogP contribution < -0.4 is 4.90 Å². The highest BCUT2D eigenvalue weighted by Crippen LogP contribution is 2.22. The molecule has 16 heavy (non-hydrogen) atoms. The largest absolute Gasteiger partial charge is 0.356 e. The molecule has 0 unspecified atom stereocenters. The molecule has 0 N–H and O–H groups in total. The number of hydrogen-bond donors (Lipinski definition) is 0. The van der Waals surface area contributed by atoms with Crippen molar-refractivity contribution >= 4 is 5.82 Å². The minimum atomic E-state index is 0.709. The lowest BCUT2D eigenvalue weighted by molar-refractivity contribution is 0.677. The molecule has 0 aliphatic heterocycles. The molecule has 4 heteroatoms. The van der Waals surface area contributed by atoms with Crippen LogP contribution in [0.4, 0.5) is 5.82 Å². The second-order valence-corrected chi connectivity index (χ2v) is 3.95. The van der Waals surface area contributed by atoms with Gasteiger partial charge in [0.1, 0.15) is 17.5 Å². The lowest BCUT2D eigenvalue weighted by atomic mass is 10.2. The van der Waals surface area contributed by atoms with E-state index in [0.717, 1.165) is 37.4 Å². The van der Waals surface area contributed by atoms with Crippen molar-refractivity contribution in [2.24, 2.45) is 7.05 Å². The summed E-state index contributed by atoms with van der Waals surface area (Å²) in [5.74, 6) is 0.955. The van der Waals surface area contributed by atoms with Gasteiger partial charge in [-0.3, -0.25) is 4.68 Å². The van der Waals surface area contributed by atoms with E-state index in [0.29, 0.717) is 5.56 Å². The highest BCUT2D eigenvalue weighted by atomic mass is 15.4. The Bertz CT molecular complexity index is 386. The molecule has 4 nitrogen and oxygen atoms in total. The minimum absolute atomic E-state index is 0.709. The van der Waals surface area contributed by atoms with Crippen molar-refractivity contribution in [3.63, 3.8) is 0 Å². The zero-order valence-electron chi connectivity index (χ0n) is 10.6. The third-order valence-corrected chi connectivity index (χ3v) is 2.77. The first-order valence-electron chi connectivity index (χ1n) is 5.84. The fourth-order valence-electron chi connectivity index (χ4n) is 1.90. The second kappa shape index (κ2) is 5.55.